The molecule has 0 saturated carbocycles. The molecular weight excluding hydrogens is 314 g/mol. The second kappa shape index (κ2) is 7.19. The fourth-order valence-corrected chi connectivity index (χ4v) is 2.45. The standard InChI is InChI=1S/C17H17NO4S/c1-23(21,22)12-11-18-17(20)15-9-7-14(8-10-15)16(19)13-5-3-2-4-6-13/h2-10H,11-12H2,1H3,(H,18,20). The summed E-state index contributed by atoms with van der Waals surface area (Å²) < 4.78 is 22.0. The maximum atomic E-state index is 12.2. The van der Waals surface area contributed by atoms with Crippen LogP contribution in [-0.4, -0.2) is 38.7 Å². The summed E-state index contributed by atoms with van der Waals surface area (Å²) in [7, 11) is -3.11. The molecule has 0 radical (unpaired) electrons. The Hall–Kier alpha value is -2.47. The highest BCUT2D eigenvalue weighted by Gasteiger charge is 2.11. The van der Waals surface area contributed by atoms with Crippen LogP contribution in [0.4, 0.5) is 0 Å². The van der Waals surface area contributed by atoms with E-state index in [1.807, 2.05) is 6.07 Å². The van der Waals surface area contributed by atoms with Crippen molar-refractivity contribution in [3.8, 4) is 0 Å². The lowest BCUT2D eigenvalue weighted by atomic mass is 10.0. The van der Waals surface area contributed by atoms with E-state index in [1.165, 1.54) is 0 Å². The third-order valence-electron chi connectivity index (χ3n) is 3.20. The van der Waals surface area contributed by atoms with Gasteiger partial charge in [-0.25, -0.2) is 8.42 Å². The van der Waals surface area contributed by atoms with E-state index in [0.29, 0.717) is 16.7 Å². The Kier molecular flexibility index (Phi) is 5.28. The van der Waals surface area contributed by atoms with Gasteiger partial charge in [0.1, 0.15) is 9.84 Å². The van der Waals surface area contributed by atoms with Gasteiger partial charge in [-0.1, -0.05) is 42.5 Å². The molecule has 0 saturated heterocycles. The number of amides is 1. The van der Waals surface area contributed by atoms with Crippen molar-refractivity contribution in [3.63, 3.8) is 0 Å². The number of benzene rings is 2. The number of hydrogen-bond acceptors (Lipinski definition) is 4. The van der Waals surface area contributed by atoms with Crippen LogP contribution in [0.2, 0.25) is 0 Å². The smallest absolute Gasteiger partial charge is 0.251 e. The van der Waals surface area contributed by atoms with Crippen molar-refractivity contribution in [3.05, 3.63) is 71.3 Å². The Morgan fingerprint density at radius 1 is 0.870 bits per heavy atom. The number of carbonyl (C=O) groups is 2. The van der Waals surface area contributed by atoms with Gasteiger partial charge in [-0.15, -0.1) is 0 Å². The lowest BCUT2D eigenvalue weighted by molar-refractivity contribution is 0.0954. The van der Waals surface area contributed by atoms with Gasteiger partial charge in [-0.3, -0.25) is 9.59 Å². The molecule has 0 unspecified atom stereocenters. The Balaban J connectivity index is 2.02. The maximum Gasteiger partial charge on any atom is 0.251 e. The second-order valence-corrected chi connectivity index (χ2v) is 7.42. The van der Waals surface area contributed by atoms with Gasteiger partial charge in [-0.05, 0) is 12.1 Å². The van der Waals surface area contributed by atoms with Gasteiger partial charge in [0, 0.05) is 29.5 Å². The summed E-state index contributed by atoms with van der Waals surface area (Å²) in [4.78, 5) is 24.1. The van der Waals surface area contributed by atoms with Crippen LogP contribution in [0.1, 0.15) is 26.3 Å². The van der Waals surface area contributed by atoms with Crippen molar-refractivity contribution in [2.45, 2.75) is 0 Å². The van der Waals surface area contributed by atoms with Gasteiger partial charge < -0.3 is 5.32 Å². The minimum atomic E-state index is -3.11. The van der Waals surface area contributed by atoms with E-state index in [-0.39, 0.29) is 24.0 Å². The molecule has 1 N–H and O–H groups in total. The number of hydrogen-bond donors (Lipinski definition) is 1. The average molecular weight is 331 g/mol. The third-order valence-corrected chi connectivity index (χ3v) is 4.15. The van der Waals surface area contributed by atoms with E-state index in [1.54, 1.807) is 48.5 Å². The summed E-state index contributed by atoms with van der Waals surface area (Å²) in [6.45, 7) is 0.0579. The summed E-state index contributed by atoms with van der Waals surface area (Å²) >= 11 is 0. The van der Waals surface area contributed by atoms with Crippen LogP contribution in [0.25, 0.3) is 0 Å². The zero-order valence-electron chi connectivity index (χ0n) is 12.7. The topological polar surface area (TPSA) is 80.3 Å². The molecule has 0 aliphatic carbocycles. The molecule has 120 valence electrons. The van der Waals surface area contributed by atoms with Gasteiger partial charge in [0.15, 0.2) is 5.78 Å². The normalized spacial score (nSPS) is 11.0. The fraction of sp³-hybridized carbons (Fsp3) is 0.176. The highest BCUT2D eigenvalue weighted by Crippen LogP contribution is 2.11. The molecule has 0 aromatic heterocycles. The van der Waals surface area contributed by atoms with E-state index < -0.39 is 9.84 Å². The number of carbonyl (C=O) groups excluding carboxylic acids is 2. The van der Waals surface area contributed by atoms with Gasteiger partial charge in [0.25, 0.3) is 5.91 Å². The molecule has 2 aromatic carbocycles. The SMILES string of the molecule is CS(=O)(=O)CCNC(=O)c1ccc(C(=O)c2ccccc2)cc1. The number of nitrogens with one attached hydrogen (secondary N) is 1. The van der Waals surface area contributed by atoms with Crippen LogP contribution in [0, 0.1) is 0 Å². The summed E-state index contributed by atoms with van der Waals surface area (Å²) in [6, 6.07) is 15.1. The first-order valence-electron chi connectivity index (χ1n) is 7.02. The quantitative estimate of drug-likeness (QED) is 0.817. The summed E-state index contributed by atoms with van der Waals surface area (Å²) in [5.74, 6) is -0.592. The minimum Gasteiger partial charge on any atom is -0.351 e. The monoisotopic (exact) mass is 331 g/mol. The first kappa shape index (κ1) is 16.9. The summed E-state index contributed by atoms with van der Waals surface area (Å²) in [5.41, 5.74) is 1.45. The molecular formula is C17H17NO4S. The predicted octanol–water partition coefficient (Wildman–Crippen LogP) is 1.69. The van der Waals surface area contributed by atoms with Crippen molar-refractivity contribution in [2.75, 3.05) is 18.6 Å². The minimum absolute atomic E-state index is 0.0579. The van der Waals surface area contributed by atoms with E-state index in [4.69, 9.17) is 0 Å². The molecule has 0 heterocycles. The van der Waals surface area contributed by atoms with Crippen LogP contribution < -0.4 is 5.32 Å². The molecule has 0 bridgehead atoms. The van der Waals surface area contributed by atoms with Crippen molar-refractivity contribution in [2.24, 2.45) is 0 Å². The third kappa shape index (κ3) is 5.03. The molecule has 0 atom stereocenters. The predicted molar refractivity (Wildman–Crippen MR) is 88.4 cm³/mol. The Bertz CT molecular complexity index is 796. The molecule has 5 nitrogen and oxygen atoms in total. The van der Waals surface area contributed by atoms with Crippen molar-refractivity contribution in [1.82, 2.24) is 5.32 Å². The van der Waals surface area contributed by atoms with Crippen LogP contribution >= 0.6 is 0 Å². The molecule has 2 aromatic rings. The van der Waals surface area contributed by atoms with Crippen LogP contribution in [0.15, 0.2) is 54.6 Å². The van der Waals surface area contributed by atoms with Crippen LogP contribution in [0.5, 0.6) is 0 Å². The maximum absolute atomic E-state index is 12.2. The Labute approximate surface area is 135 Å². The molecule has 23 heavy (non-hydrogen) atoms. The van der Waals surface area contributed by atoms with Gasteiger partial charge >= 0.3 is 0 Å². The van der Waals surface area contributed by atoms with Crippen molar-refractivity contribution in [1.29, 1.82) is 0 Å². The molecule has 0 aliphatic rings. The molecule has 0 aliphatic heterocycles. The fourth-order valence-electron chi connectivity index (χ4n) is 1.98. The molecule has 1 amide bonds. The van der Waals surface area contributed by atoms with Crippen LogP contribution in [0.3, 0.4) is 0 Å². The van der Waals surface area contributed by atoms with E-state index in [0.717, 1.165) is 6.26 Å². The highest BCUT2D eigenvalue weighted by molar-refractivity contribution is 7.90. The number of sulfone groups is 1. The second-order valence-electron chi connectivity index (χ2n) is 5.16. The molecule has 6 heteroatoms. The first-order chi connectivity index (χ1) is 10.9. The Morgan fingerprint density at radius 3 is 1.96 bits per heavy atom. The zero-order valence-corrected chi connectivity index (χ0v) is 13.5. The molecule has 0 spiro atoms. The van der Waals surface area contributed by atoms with Crippen LogP contribution in [-0.2, 0) is 9.84 Å². The average Bonchev–Trinajstić information content (AvgIpc) is 2.54. The van der Waals surface area contributed by atoms with E-state index in [9.17, 15) is 18.0 Å². The first-order valence-corrected chi connectivity index (χ1v) is 9.08. The van der Waals surface area contributed by atoms with E-state index >= 15 is 0 Å². The van der Waals surface area contributed by atoms with Gasteiger partial charge in [0.2, 0.25) is 0 Å². The summed E-state index contributed by atoms with van der Waals surface area (Å²) in [6.07, 6.45) is 1.11. The number of rotatable bonds is 6. The molecule has 0 fully saturated rings. The van der Waals surface area contributed by atoms with E-state index in [2.05, 4.69) is 5.32 Å². The number of ketones is 1. The van der Waals surface area contributed by atoms with Crippen molar-refractivity contribution < 1.29 is 18.0 Å². The van der Waals surface area contributed by atoms with Gasteiger partial charge in [0.05, 0.1) is 5.75 Å². The molecule has 2 rings (SSSR count). The highest BCUT2D eigenvalue weighted by atomic mass is 32.2. The zero-order chi connectivity index (χ0) is 16.9. The largest absolute Gasteiger partial charge is 0.351 e. The Morgan fingerprint density at radius 2 is 1.39 bits per heavy atom. The van der Waals surface area contributed by atoms with Gasteiger partial charge in [-0.2, -0.15) is 0 Å². The van der Waals surface area contributed by atoms with Crippen molar-refractivity contribution >= 4 is 21.5 Å². The lowest BCUT2D eigenvalue weighted by Gasteiger charge is -2.06. The lowest BCUT2D eigenvalue weighted by Crippen LogP contribution is -2.28. The summed E-state index contributed by atoms with van der Waals surface area (Å²) in [5, 5.41) is 2.53.